The monoisotopic (exact) mass is 423 g/mol. The minimum atomic E-state index is -0.389. The summed E-state index contributed by atoms with van der Waals surface area (Å²) in [5.41, 5.74) is 1.02. The lowest BCUT2D eigenvalue weighted by molar-refractivity contribution is -0.133. The van der Waals surface area contributed by atoms with Crippen molar-refractivity contribution < 1.29 is 23.4 Å². The molecule has 0 aliphatic carbocycles. The van der Waals surface area contributed by atoms with E-state index in [1.54, 1.807) is 24.1 Å². The SMILES string of the molecule is CCCc1cc(=O)oc2cc(OCC(=O)N(C)CC3COc4ccccc4O3)ccc12. The topological polar surface area (TPSA) is 78.2 Å². The van der Waals surface area contributed by atoms with Crippen molar-refractivity contribution in [2.45, 2.75) is 25.9 Å². The number of para-hydroxylation sites is 2. The Balaban J connectivity index is 1.36. The molecule has 0 saturated carbocycles. The van der Waals surface area contributed by atoms with E-state index in [1.165, 1.54) is 6.07 Å². The zero-order valence-corrected chi connectivity index (χ0v) is 17.6. The molecular formula is C24H25NO6. The van der Waals surface area contributed by atoms with E-state index >= 15 is 0 Å². The number of nitrogens with zero attached hydrogens (tertiary/aromatic N) is 1. The molecule has 1 atom stereocenters. The molecule has 7 nitrogen and oxygen atoms in total. The molecule has 2 heterocycles. The van der Waals surface area contributed by atoms with Crippen LogP contribution in [0.1, 0.15) is 18.9 Å². The van der Waals surface area contributed by atoms with E-state index < -0.39 is 0 Å². The number of fused-ring (bicyclic) bond motifs is 2. The smallest absolute Gasteiger partial charge is 0.336 e. The molecule has 3 aromatic rings. The number of aryl methyl sites for hydroxylation is 1. The number of ether oxygens (including phenoxy) is 3. The third-order valence-corrected chi connectivity index (χ3v) is 5.15. The number of rotatable bonds is 7. The van der Waals surface area contributed by atoms with Crippen molar-refractivity contribution in [2.75, 3.05) is 26.8 Å². The molecule has 1 unspecified atom stereocenters. The first-order chi connectivity index (χ1) is 15.0. The van der Waals surface area contributed by atoms with E-state index in [1.807, 2.05) is 30.3 Å². The maximum atomic E-state index is 12.5. The number of amides is 1. The summed E-state index contributed by atoms with van der Waals surface area (Å²) in [6.45, 7) is 2.68. The second-order valence-corrected chi connectivity index (χ2v) is 7.56. The first kappa shape index (κ1) is 20.8. The molecule has 0 spiro atoms. The van der Waals surface area contributed by atoms with Gasteiger partial charge in [0.05, 0.1) is 6.54 Å². The number of hydrogen-bond acceptors (Lipinski definition) is 6. The van der Waals surface area contributed by atoms with Gasteiger partial charge in [0.1, 0.15) is 17.9 Å². The van der Waals surface area contributed by atoms with Crippen LogP contribution in [0.2, 0.25) is 0 Å². The highest BCUT2D eigenvalue weighted by atomic mass is 16.6. The summed E-state index contributed by atoms with van der Waals surface area (Å²) in [5, 5.41) is 0.881. The van der Waals surface area contributed by atoms with Crippen molar-refractivity contribution in [2.24, 2.45) is 0 Å². The summed E-state index contributed by atoms with van der Waals surface area (Å²) in [7, 11) is 1.70. The molecule has 2 aromatic carbocycles. The van der Waals surface area contributed by atoms with E-state index in [2.05, 4.69) is 6.92 Å². The van der Waals surface area contributed by atoms with Crippen molar-refractivity contribution in [3.8, 4) is 17.2 Å². The van der Waals surface area contributed by atoms with E-state index in [9.17, 15) is 9.59 Å². The molecule has 1 aromatic heterocycles. The van der Waals surface area contributed by atoms with Gasteiger partial charge >= 0.3 is 5.63 Å². The molecule has 0 saturated heterocycles. The minimum absolute atomic E-state index is 0.134. The number of carbonyl (C=O) groups is 1. The lowest BCUT2D eigenvalue weighted by Gasteiger charge is -2.29. The Morgan fingerprint density at radius 2 is 1.97 bits per heavy atom. The first-order valence-corrected chi connectivity index (χ1v) is 10.4. The second kappa shape index (κ2) is 9.12. The number of carbonyl (C=O) groups excluding carboxylic acids is 1. The molecule has 0 fully saturated rings. The van der Waals surface area contributed by atoms with Crippen LogP contribution in [0.15, 0.2) is 57.7 Å². The van der Waals surface area contributed by atoms with Gasteiger partial charge in [0.15, 0.2) is 24.2 Å². The Morgan fingerprint density at radius 1 is 1.16 bits per heavy atom. The maximum Gasteiger partial charge on any atom is 0.336 e. The number of hydrogen-bond donors (Lipinski definition) is 0. The molecule has 31 heavy (non-hydrogen) atoms. The van der Waals surface area contributed by atoms with E-state index in [-0.39, 0.29) is 24.2 Å². The van der Waals surface area contributed by atoms with Gasteiger partial charge in [0, 0.05) is 24.6 Å². The summed E-state index contributed by atoms with van der Waals surface area (Å²) in [5.74, 6) is 1.66. The molecule has 162 valence electrons. The average Bonchev–Trinajstić information content (AvgIpc) is 2.77. The summed E-state index contributed by atoms with van der Waals surface area (Å²) in [4.78, 5) is 25.9. The normalized spacial score (nSPS) is 15.0. The summed E-state index contributed by atoms with van der Waals surface area (Å²) in [6.07, 6.45) is 1.47. The van der Waals surface area contributed by atoms with Gasteiger partial charge < -0.3 is 23.5 Å². The van der Waals surface area contributed by atoms with Crippen LogP contribution < -0.4 is 19.8 Å². The van der Waals surface area contributed by atoms with Crippen molar-refractivity contribution >= 4 is 16.9 Å². The van der Waals surface area contributed by atoms with Gasteiger partial charge in [0.25, 0.3) is 5.91 Å². The summed E-state index contributed by atoms with van der Waals surface area (Å²) < 4.78 is 22.6. The van der Waals surface area contributed by atoms with Crippen LogP contribution in [-0.2, 0) is 11.2 Å². The van der Waals surface area contributed by atoms with Crippen LogP contribution in [0.25, 0.3) is 11.0 Å². The van der Waals surface area contributed by atoms with Crippen molar-refractivity contribution in [3.05, 3.63) is 64.5 Å². The van der Waals surface area contributed by atoms with Gasteiger partial charge in [-0.15, -0.1) is 0 Å². The fraction of sp³-hybridized carbons (Fsp3) is 0.333. The van der Waals surface area contributed by atoms with Crippen LogP contribution in [0.5, 0.6) is 17.2 Å². The van der Waals surface area contributed by atoms with Gasteiger partial charge in [-0.05, 0) is 36.2 Å². The van der Waals surface area contributed by atoms with Crippen LogP contribution in [-0.4, -0.2) is 43.7 Å². The molecule has 0 radical (unpaired) electrons. The Bertz CT molecular complexity index is 1140. The van der Waals surface area contributed by atoms with Crippen molar-refractivity contribution in [1.82, 2.24) is 4.90 Å². The quantitative estimate of drug-likeness (QED) is 0.542. The molecule has 0 bridgehead atoms. The van der Waals surface area contributed by atoms with Crippen molar-refractivity contribution in [1.29, 1.82) is 0 Å². The number of likely N-dealkylation sites (N-methyl/N-ethyl adjacent to an activating group) is 1. The van der Waals surface area contributed by atoms with Crippen LogP contribution >= 0.6 is 0 Å². The van der Waals surface area contributed by atoms with Gasteiger partial charge in [-0.25, -0.2) is 4.79 Å². The third kappa shape index (κ3) is 4.82. The lowest BCUT2D eigenvalue weighted by Crippen LogP contribution is -2.43. The Morgan fingerprint density at radius 3 is 2.77 bits per heavy atom. The molecule has 0 N–H and O–H groups in total. The second-order valence-electron chi connectivity index (χ2n) is 7.56. The molecule has 1 aliphatic rings. The molecule has 7 heteroatoms. The zero-order chi connectivity index (χ0) is 21.8. The zero-order valence-electron chi connectivity index (χ0n) is 17.6. The average molecular weight is 423 g/mol. The van der Waals surface area contributed by atoms with Crippen molar-refractivity contribution in [3.63, 3.8) is 0 Å². The Kier molecular flexibility index (Phi) is 6.11. The molecule has 1 amide bonds. The Hall–Kier alpha value is -3.48. The fourth-order valence-electron chi connectivity index (χ4n) is 3.59. The minimum Gasteiger partial charge on any atom is -0.486 e. The van der Waals surface area contributed by atoms with Crippen LogP contribution in [0.3, 0.4) is 0 Å². The van der Waals surface area contributed by atoms with E-state index in [0.29, 0.717) is 36.0 Å². The summed E-state index contributed by atoms with van der Waals surface area (Å²) in [6, 6.07) is 14.3. The highest BCUT2D eigenvalue weighted by Gasteiger charge is 2.24. The molecule has 4 rings (SSSR count). The lowest BCUT2D eigenvalue weighted by atomic mass is 10.1. The van der Waals surface area contributed by atoms with E-state index in [4.69, 9.17) is 18.6 Å². The van der Waals surface area contributed by atoms with Crippen LogP contribution in [0, 0.1) is 0 Å². The largest absolute Gasteiger partial charge is 0.486 e. The predicted octanol–water partition coefficient (Wildman–Crippen LogP) is 3.42. The van der Waals surface area contributed by atoms with Gasteiger partial charge in [-0.3, -0.25) is 4.79 Å². The third-order valence-electron chi connectivity index (χ3n) is 5.15. The summed E-state index contributed by atoms with van der Waals surface area (Å²) >= 11 is 0. The maximum absolute atomic E-state index is 12.5. The number of benzene rings is 2. The first-order valence-electron chi connectivity index (χ1n) is 10.4. The van der Waals surface area contributed by atoms with Gasteiger partial charge in [-0.1, -0.05) is 25.5 Å². The molecule has 1 aliphatic heterocycles. The highest BCUT2D eigenvalue weighted by Crippen LogP contribution is 2.31. The Labute approximate surface area is 180 Å². The van der Waals surface area contributed by atoms with E-state index in [0.717, 1.165) is 23.8 Å². The van der Waals surface area contributed by atoms with Gasteiger partial charge in [0.2, 0.25) is 0 Å². The highest BCUT2D eigenvalue weighted by molar-refractivity contribution is 5.82. The standard InChI is InChI=1S/C24H25NO6/c1-3-6-16-11-24(27)31-22-12-17(9-10-19(16)22)28-15-23(26)25(2)13-18-14-29-20-7-4-5-8-21(20)30-18/h4-5,7-12,18H,3,6,13-15H2,1-2H3. The fourth-order valence-corrected chi connectivity index (χ4v) is 3.59. The predicted molar refractivity (Wildman–Crippen MR) is 116 cm³/mol. The van der Waals surface area contributed by atoms with Crippen LogP contribution in [0.4, 0.5) is 0 Å². The van der Waals surface area contributed by atoms with Gasteiger partial charge in [-0.2, -0.15) is 0 Å². The molecular weight excluding hydrogens is 398 g/mol.